The first-order valence-corrected chi connectivity index (χ1v) is 13.6. The van der Waals surface area contributed by atoms with Crippen LogP contribution in [0.15, 0.2) is 58.7 Å². The summed E-state index contributed by atoms with van der Waals surface area (Å²) in [5, 5.41) is 3.12. The largest absolute Gasteiger partial charge is 0.340 e. The number of amides is 1. The van der Waals surface area contributed by atoms with E-state index in [0.29, 0.717) is 39.9 Å². The lowest BCUT2D eigenvalue weighted by Gasteiger charge is -2.23. The van der Waals surface area contributed by atoms with Crippen LogP contribution in [-0.2, 0) is 12.8 Å². The van der Waals surface area contributed by atoms with Gasteiger partial charge in [-0.15, -0.1) is 11.3 Å². The van der Waals surface area contributed by atoms with Gasteiger partial charge in [0.1, 0.15) is 5.01 Å². The summed E-state index contributed by atoms with van der Waals surface area (Å²) in [4.78, 5) is 34.1. The number of rotatable bonds is 8. The van der Waals surface area contributed by atoms with E-state index in [1.165, 1.54) is 11.3 Å². The smallest absolute Gasteiger partial charge is 0.265 e. The first kappa shape index (κ1) is 26.8. The molecule has 0 fully saturated rings. The number of aromatic nitrogens is 2. The molecule has 2 aromatic carbocycles. The van der Waals surface area contributed by atoms with E-state index in [1.807, 2.05) is 54.8 Å². The summed E-state index contributed by atoms with van der Waals surface area (Å²) < 4.78 is 1.71. The number of pyridine rings is 1. The van der Waals surface area contributed by atoms with Crippen LogP contribution in [0.1, 0.15) is 41.0 Å². The zero-order chi connectivity index (χ0) is 26.7. The normalized spacial score (nSPS) is 11.1. The van der Waals surface area contributed by atoms with Crippen LogP contribution in [0.25, 0.3) is 27.5 Å². The van der Waals surface area contributed by atoms with E-state index < -0.39 is 0 Å². The number of hydrogen-bond donors (Lipinski definition) is 1. The minimum absolute atomic E-state index is 0.181. The van der Waals surface area contributed by atoms with Crippen LogP contribution >= 0.6 is 22.9 Å². The van der Waals surface area contributed by atoms with Crippen molar-refractivity contribution in [1.29, 1.82) is 0 Å². The van der Waals surface area contributed by atoms with Crippen molar-refractivity contribution in [3.05, 3.63) is 91.7 Å². The third-order valence-electron chi connectivity index (χ3n) is 6.55. The Bertz CT molecular complexity index is 1470. The van der Waals surface area contributed by atoms with Crippen LogP contribution in [-0.4, -0.2) is 40.5 Å². The average Bonchev–Trinajstić information content (AvgIpc) is 3.39. The minimum Gasteiger partial charge on any atom is -0.340 e. The van der Waals surface area contributed by atoms with Gasteiger partial charge in [-0.05, 0) is 49.1 Å². The summed E-state index contributed by atoms with van der Waals surface area (Å²) in [6.07, 6.45) is 1.52. The van der Waals surface area contributed by atoms with Crippen molar-refractivity contribution < 1.29 is 4.79 Å². The molecule has 0 saturated heterocycles. The number of carbonyl (C=O) groups is 1. The van der Waals surface area contributed by atoms with Crippen molar-refractivity contribution in [2.24, 2.45) is 5.73 Å². The van der Waals surface area contributed by atoms with Crippen LogP contribution in [0.5, 0.6) is 0 Å². The predicted octanol–water partition coefficient (Wildman–Crippen LogP) is 5.75. The van der Waals surface area contributed by atoms with E-state index in [0.717, 1.165) is 40.9 Å². The topological polar surface area (TPSA) is 81.2 Å². The molecule has 0 aliphatic heterocycles. The molecule has 0 saturated carbocycles. The lowest BCUT2D eigenvalue weighted by Crippen LogP contribution is -2.34. The molecule has 37 heavy (non-hydrogen) atoms. The quantitative estimate of drug-likeness (QED) is 0.312. The second-order valence-corrected chi connectivity index (χ2v) is 10.2. The van der Waals surface area contributed by atoms with Gasteiger partial charge in [0, 0.05) is 41.8 Å². The number of benzene rings is 2. The summed E-state index contributed by atoms with van der Waals surface area (Å²) in [6.45, 7) is 6.74. The van der Waals surface area contributed by atoms with Crippen molar-refractivity contribution in [2.45, 2.75) is 33.6 Å². The predicted molar refractivity (Wildman–Crippen MR) is 153 cm³/mol. The minimum atomic E-state index is -0.192. The molecule has 0 aliphatic rings. The summed E-state index contributed by atoms with van der Waals surface area (Å²) in [5.41, 5.74) is 11.6. The van der Waals surface area contributed by atoms with Gasteiger partial charge in [0.25, 0.3) is 11.5 Å². The maximum atomic E-state index is 14.2. The molecule has 2 N–H and O–H groups in total. The second kappa shape index (κ2) is 11.4. The molecule has 8 heteroatoms. The molecule has 0 aliphatic carbocycles. The van der Waals surface area contributed by atoms with Crippen LogP contribution in [0.2, 0.25) is 5.02 Å². The molecule has 0 atom stereocenters. The highest BCUT2D eigenvalue weighted by Crippen LogP contribution is 2.31. The highest BCUT2D eigenvalue weighted by molar-refractivity contribution is 7.13. The van der Waals surface area contributed by atoms with E-state index in [2.05, 4.69) is 13.8 Å². The van der Waals surface area contributed by atoms with E-state index >= 15 is 0 Å². The molecule has 4 rings (SSSR count). The van der Waals surface area contributed by atoms with Gasteiger partial charge in [0.2, 0.25) is 0 Å². The Balaban J connectivity index is 1.99. The monoisotopic (exact) mass is 534 g/mol. The lowest BCUT2D eigenvalue weighted by molar-refractivity contribution is 0.0797. The summed E-state index contributed by atoms with van der Waals surface area (Å²) >= 11 is 7.43. The molecule has 1 amide bonds. The van der Waals surface area contributed by atoms with Gasteiger partial charge in [-0.2, -0.15) is 0 Å². The Kier molecular flexibility index (Phi) is 8.27. The van der Waals surface area contributed by atoms with Gasteiger partial charge in [-0.3, -0.25) is 14.2 Å². The maximum Gasteiger partial charge on any atom is 0.265 e. The van der Waals surface area contributed by atoms with Crippen molar-refractivity contribution in [3.8, 4) is 27.5 Å². The van der Waals surface area contributed by atoms with Crippen LogP contribution in [0.4, 0.5) is 0 Å². The molecule has 4 aromatic rings. The van der Waals surface area contributed by atoms with Crippen molar-refractivity contribution in [1.82, 2.24) is 14.5 Å². The molecule has 192 valence electrons. The summed E-state index contributed by atoms with van der Waals surface area (Å²) in [6, 6.07) is 15.2. The van der Waals surface area contributed by atoms with Gasteiger partial charge in [-0.1, -0.05) is 55.8 Å². The molecule has 0 spiro atoms. The van der Waals surface area contributed by atoms with E-state index in [4.69, 9.17) is 22.3 Å². The summed E-state index contributed by atoms with van der Waals surface area (Å²) in [5.74, 6) is -0.181. The molecular formula is C29H31ClN4O2S. The van der Waals surface area contributed by atoms with E-state index in [9.17, 15) is 9.59 Å². The first-order valence-electron chi connectivity index (χ1n) is 12.4. The number of nitrogens with two attached hydrogens (primary N) is 1. The number of halogens is 1. The van der Waals surface area contributed by atoms with Gasteiger partial charge >= 0.3 is 0 Å². The van der Waals surface area contributed by atoms with Crippen molar-refractivity contribution >= 4 is 28.8 Å². The van der Waals surface area contributed by atoms with Crippen LogP contribution < -0.4 is 11.3 Å². The van der Waals surface area contributed by atoms with Crippen LogP contribution in [0.3, 0.4) is 0 Å². The number of nitrogens with zero attached hydrogens (tertiary/aromatic N) is 3. The molecule has 0 bridgehead atoms. The number of likely N-dealkylation sites (N-methyl/N-ethyl adjacent to an activating group) is 1. The molecule has 2 aromatic heterocycles. The number of thiazole rings is 1. The lowest BCUT2D eigenvalue weighted by atomic mass is 10.0. The molecule has 0 radical (unpaired) electrons. The molecular weight excluding hydrogens is 504 g/mol. The molecule has 0 unspecified atom stereocenters. The fourth-order valence-electron chi connectivity index (χ4n) is 4.50. The fraction of sp³-hybridized carbons (Fsp3) is 0.276. The SMILES string of the molecule is CCc1cccc(CC)c1-n1c(C)c(C(=O)N(C)CCN)cc(-c2nc(-c3ccc(Cl)cc3)cs2)c1=O. The Morgan fingerprint density at radius 1 is 1.11 bits per heavy atom. The third kappa shape index (κ3) is 5.25. The Morgan fingerprint density at radius 2 is 1.76 bits per heavy atom. The molecule has 2 heterocycles. The Labute approximate surface area is 226 Å². The van der Waals surface area contributed by atoms with Gasteiger partial charge in [-0.25, -0.2) is 4.98 Å². The fourth-order valence-corrected chi connectivity index (χ4v) is 5.46. The highest BCUT2D eigenvalue weighted by atomic mass is 35.5. The Hall–Kier alpha value is -3.26. The second-order valence-electron chi connectivity index (χ2n) is 8.89. The van der Waals surface area contributed by atoms with E-state index in [-0.39, 0.29) is 11.5 Å². The zero-order valence-electron chi connectivity index (χ0n) is 21.5. The summed E-state index contributed by atoms with van der Waals surface area (Å²) in [7, 11) is 1.73. The zero-order valence-corrected chi connectivity index (χ0v) is 23.1. The van der Waals surface area contributed by atoms with Gasteiger partial charge in [0.05, 0.1) is 22.5 Å². The standard InChI is InChI=1S/C29H31ClN4O2S/c1-5-19-8-7-9-20(6-2)26(19)34-18(3)23(28(35)33(4)15-14-31)16-24(29(34)36)27-32-25(17-37-27)21-10-12-22(30)13-11-21/h7-13,16-17H,5-6,14-15,31H2,1-4H3. The first-order chi connectivity index (χ1) is 17.8. The van der Waals surface area contributed by atoms with Crippen LogP contribution in [0, 0.1) is 6.92 Å². The average molecular weight is 535 g/mol. The van der Waals surface area contributed by atoms with Gasteiger partial charge in [0.15, 0.2) is 0 Å². The highest BCUT2D eigenvalue weighted by Gasteiger charge is 2.24. The maximum absolute atomic E-state index is 14.2. The number of aryl methyl sites for hydroxylation is 2. The van der Waals surface area contributed by atoms with Crippen molar-refractivity contribution in [2.75, 3.05) is 20.1 Å². The number of carbonyl (C=O) groups excluding carboxylic acids is 1. The molecule has 6 nitrogen and oxygen atoms in total. The third-order valence-corrected chi connectivity index (χ3v) is 7.68. The van der Waals surface area contributed by atoms with Gasteiger partial charge < -0.3 is 10.6 Å². The number of hydrogen-bond acceptors (Lipinski definition) is 5. The van der Waals surface area contributed by atoms with Crippen molar-refractivity contribution in [3.63, 3.8) is 0 Å². The van der Waals surface area contributed by atoms with E-state index in [1.54, 1.807) is 22.6 Å². The number of para-hydroxylation sites is 1. The Morgan fingerprint density at radius 3 is 2.35 bits per heavy atom.